The van der Waals surface area contributed by atoms with E-state index in [1.807, 2.05) is 13.8 Å². The van der Waals surface area contributed by atoms with E-state index < -0.39 is 10.0 Å². The Labute approximate surface area is 165 Å². The molecular formula is C20H26N2O5S. The van der Waals surface area contributed by atoms with Crippen LogP contribution in [0.1, 0.15) is 36.2 Å². The van der Waals surface area contributed by atoms with Gasteiger partial charge in [0.1, 0.15) is 0 Å². The van der Waals surface area contributed by atoms with Crippen molar-refractivity contribution in [3.63, 3.8) is 0 Å². The van der Waals surface area contributed by atoms with Crippen LogP contribution in [0.5, 0.6) is 11.5 Å². The molecule has 0 aliphatic heterocycles. The number of rotatable bonds is 10. The van der Waals surface area contributed by atoms with Crippen LogP contribution in [0.4, 0.5) is 0 Å². The van der Waals surface area contributed by atoms with Gasteiger partial charge in [0.2, 0.25) is 10.0 Å². The van der Waals surface area contributed by atoms with E-state index in [2.05, 4.69) is 5.32 Å². The summed E-state index contributed by atoms with van der Waals surface area (Å²) in [5, 5.41) is 7.92. The van der Waals surface area contributed by atoms with Crippen LogP contribution in [0.3, 0.4) is 0 Å². The summed E-state index contributed by atoms with van der Waals surface area (Å²) >= 11 is 0. The molecule has 3 N–H and O–H groups in total. The third-order valence-corrected chi connectivity index (χ3v) is 4.85. The largest absolute Gasteiger partial charge is 0.490 e. The van der Waals surface area contributed by atoms with Crippen LogP contribution in [0, 0.1) is 0 Å². The van der Waals surface area contributed by atoms with Gasteiger partial charge in [-0.05, 0) is 55.7 Å². The summed E-state index contributed by atoms with van der Waals surface area (Å²) in [6.07, 6.45) is 1.44. The predicted octanol–water partition coefficient (Wildman–Crippen LogP) is 2.49. The first-order chi connectivity index (χ1) is 13.3. The number of nitrogens with two attached hydrogens (primary N) is 1. The van der Waals surface area contributed by atoms with E-state index in [4.69, 9.17) is 14.6 Å². The third-order valence-electron chi connectivity index (χ3n) is 3.92. The van der Waals surface area contributed by atoms with Crippen molar-refractivity contribution in [2.75, 3.05) is 19.8 Å². The standard InChI is InChI=1S/C20H26N2O5S/c1-3-13-27-18-10-7-16(14-19(18)26-4-2)20(23)22-12-11-15-5-8-17(9-6-15)28(21,24)25/h5-10,14H,3-4,11-13H2,1-2H3,(H,22,23)(H2,21,24,25). The van der Waals surface area contributed by atoms with Crippen molar-refractivity contribution >= 4 is 15.9 Å². The molecule has 0 saturated heterocycles. The lowest BCUT2D eigenvalue weighted by atomic mass is 10.1. The Morgan fingerprint density at radius 3 is 2.36 bits per heavy atom. The number of carbonyl (C=O) groups is 1. The molecule has 1 amide bonds. The minimum Gasteiger partial charge on any atom is -0.490 e. The number of ether oxygens (including phenoxy) is 2. The third kappa shape index (κ3) is 6.24. The Balaban J connectivity index is 1.96. The lowest BCUT2D eigenvalue weighted by Crippen LogP contribution is -2.25. The Hall–Kier alpha value is -2.58. The Morgan fingerprint density at radius 2 is 1.75 bits per heavy atom. The van der Waals surface area contributed by atoms with E-state index in [1.165, 1.54) is 12.1 Å². The van der Waals surface area contributed by atoms with Crippen LogP contribution in [0.2, 0.25) is 0 Å². The molecule has 2 aromatic carbocycles. The van der Waals surface area contributed by atoms with Gasteiger partial charge < -0.3 is 14.8 Å². The number of nitrogens with one attached hydrogen (secondary N) is 1. The summed E-state index contributed by atoms with van der Waals surface area (Å²) < 4.78 is 33.7. The lowest BCUT2D eigenvalue weighted by molar-refractivity contribution is 0.0953. The number of hydrogen-bond donors (Lipinski definition) is 2. The fourth-order valence-electron chi connectivity index (χ4n) is 2.52. The normalized spacial score (nSPS) is 11.1. The zero-order chi connectivity index (χ0) is 20.6. The quantitative estimate of drug-likeness (QED) is 0.630. The van der Waals surface area contributed by atoms with Gasteiger partial charge in [-0.1, -0.05) is 19.1 Å². The van der Waals surface area contributed by atoms with E-state index >= 15 is 0 Å². The van der Waals surface area contributed by atoms with Crippen molar-refractivity contribution in [2.45, 2.75) is 31.6 Å². The zero-order valence-electron chi connectivity index (χ0n) is 16.1. The van der Waals surface area contributed by atoms with E-state index in [-0.39, 0.29) is 10.8 Å². The summed E-state index contributed by atoms with van der Waals surface area (Å²) in [4.78, 5) is 12.5. The van der Waals surface area contributed by atoms with Crippen LogP contribution in [-0.4, -0.2) is 34.1 Å². The summed E-state index contributed by atoms with van der Waals surface area (Å²) in [5.41, 5.74) is 1.38. The molecule has 0 fully saturated rings. The van der Waals surface area contributed by atoms with Gasteiger partial charge in [0.05, 0.1) is 18.1 Å². The van der Waals surface area contributed by atoms with Crippen LogP contribution in [0.25, 0.3) is 0 Å². The number of sulfonamides is 1. The SMILES string of the molecule is CCCOc1ccc(C(=O)NCCc2ccc(S(N)(=O)=O)cc2)cc1OCC. The number of carbonyl (C=O) groups excluding carboxylic acids is 1. The minimum absolute atomic E-state index is 0.0640. The molecule has 7 nitrogen and oxygen atoms in total. The van der Waals surface area contributed by atoms with Crippen molar-refractivity contribution in [1.29, 1.82) is 0 Å². The van der Waals surface area contributed by atoms with Crippen LogP contribution >= 0.6 is 0 Å². The van der Waals surface area contributed by atoms with Crippen LogP contribution in [-0.2, 0) is 16.4 Å². The van der Waals surface area contributed by atoms with Gasteiger partial charge >= 0.3 is 0 Å². The summed E-state index contributed by atoms with van der Waals surface area (Å²) in [6.45, 7) is 5.35. The Kier molecular flexibility index (Phi) is 7.83. The number of primary sulfonamides is 1. The summed E-state index contributed by atoms with van der Waals surface area (Å²) in [6, 6.07) is 11.4. The molecule has 0 unspecified atom stereocenters. The maximum atomic E-state index is 12.4. The first-order valence-corrected chi connectivity index (χ1v) is 10.7. The molecule has 152 valence electrons. The van der Waals surface area contributed by atoms with E-state index in [0.717, 1.165) is 12.0 Å². The molecule has 0 aliphatic carbocycles. The van der Waals surface area contributed by atoms with Crippen molar-refractivity contribution in [1.82, 2.24) is 5.32 Å². The summed E-state index contributed by atoms with van der Waals surface area (Å²) in [5.74, 6) is 0.946. The highest BCUT2D eigenvalue weighted by Crippen LogP contribution is 2.28. The van der Waals surface area contributed by atoms with Gasteiger partial charge in [-0.3, -0.25) is 4.79 Å². The highest BCUT2D eigenvalue weighted by atomic mass is 32.2. The van der Waals surface area contributed by atoms with Gasteiger partial charge in [-0.2, -0.15) is 0 Å². The van der Waals surface area contributed by atoms with Crippen LogP contribution < -0.4 is 19.9 Å². The molecule has 0 radical (unpaired) electrons. The van der Waals surface area contributed by atoms with Gasteiger partial charge in [-0.25, -0.2) is 13.6 Å². The first kappa shape index (κ1) is 21.7. The molecule has 0 atom stereocenters. The fraction of sp³-hybridized carbons (Fsp3) is 0.350. The van der Waals surface area contributed by atoms with Gasteiger partial charge in [0.15, 0.2) is 11.5 Å². The molecule has 2 aromatic rings. The molecule has 8 heteroatoms. The fourth-order valence-corrected chi connectivity index (χ4v) is 3.03. The summed E-state index contributed by atoms with van der Waals surface area (Å²) in [7, 11) is -3.70. The van der Waals surface area contributed by atoms with E-state index in [9.17, 15) is 13.2 Å². The maximum absolute atomic E-state index is 12.4. The second-order valence-electron chi connectivity index (χ2n) is 6.14. The van der Waals surface area contributed by atoms with Gasteiger partial charge in [0.25, 0.3) is 5.91 Å². The average Bonchev–Trinajstić information content (AvgIpc) is 2.67. The van der Waals surface area contributed by atoms with Gasteiger partial charge in [0, 0.05) is 12.1 Å². The molecule has 0 bridgehead atoms. The molecule has 0 aliphatic rings. The maximum Gasteiger partial charge on any atom is 0.251 e. The van der Waals surface area contributed by atoms with Crippen molar-refractivity contribution in [3.8, 4) is 11.5 Å². The zero-order valence-corrected chi connectivity index (χ0v) is 16.9. The number of benzene rings is 2. The van der Waals surface area contributed by atoms with Crippen molar-refractivity contribution < 1.29 is 22.7 Å². The predicted molar refractivity (Wildman–Crippen MR) is 107 cm³/mol. The molecule has 2 rings (SSSR count). The Morgan fingerprint density at radius 1 is 1.04 bits per heavy atom. The Bertz CT molecular complexity index is 895. The number of amides is 1. The van der Waals surface area contributed by atoms with Crippen molar-refractivity contribution in [2.24, 2.45) is 5.14 Å². The van der Waals surface area contributed by atoms with Crippen molar-refractivity contribution in [3.05, 3.63) is 53.6 Å². The molecular weight excluding hydrogens is 380 g/mol. The van der Waals surface area contributed by atoms with Crippen LogP contribution in [0.15, 0.2) is 47.4 Å². The number of hydrogen-bond acceptors (Lipinski definition) is 5. The average molecular weight is 407 g/mol. The lowest BCUT2D eigenvalue weighted by Gasteiger charge is -2.13. The molecule has 28 heavy (non-hydrogen) atoms. The second kappa shape index (κ2) is 10.1. The highest BCUT2D eigenvalue weighted by molar-refractivity contribution is 7.89. The minimum atomic E-state index is -3.70. The molecule has 0 heterocycles. The molecule has 0 saturated carbocycles. The second-order valence-corrected chi connectivity index (χ2v) is 7.70. The first-order valence-electron chi connectivity index (χ1n) is 9.14. The topological polar surface area (TPSA) is 108 Å². The molecule has 0 aromatic heterocycles. The van der Waals surface area contributed by atoms with E-state index in [1.54, 1.807) is 30.3 Å². The monoisotopic (exact) mass is 406 g/mol. The smallest absolute Gasteiger partial charge is 0.251 e. The van der Waals surface area contributed by atoms with Gasteiger partial charge in [-0.15, -0.1) is 0 Å². The molecule has 0 spiro atoms. The van der Waals surface area contributed by atoms with E-state index in [0.29, 0.717) is 43.2 Å². The highest BCUT2D eigenvalue weighted by Gasteiger charge is 2.12.